The summed E-state index contributed by atoms with van der Waals surface area (Å²) >= 11 is 3.57. The van der Waals surface area contributed by atoms with Crippen molar-refractivity contribution in [3.63, 3.8) is 0 Å². The van der Waals surface area contributed by atoms with Gasteiger partial charge in [-0.15, -0.1) is 0 Å². The zero-order valence-electron chi connectivity index (χ0n) is 45.9. The zero-order valence-corrected chi connectivity index (χ0v) is 54.8. The minimum atomic E-state index is -2.46. The van der Waals surface area contributed by atoms with Crippen molar-refractivity contribution >= 4 is 107 Å². The summed E-state index contributed by atoms with van der Waals surface area (Å²) in [6.45, 7) is 6.96. The number of benzene rings is 5. The van der Waals surface area contributed by atoms with Gasteiger partial charge >= 0.3 is 414 Å². The van der Waals surface area contributed by atoms with Crippen molar-refractivity contribution in [2.24, 2.45) is 0 Å². The van der Waals surface area contributed by atoms with Gasteiger partial charge in [0.1, 0.15) is 0 Å². The van der Waals surface area contributed by atoms with Gasteiger partial charge in [0.15, 0.2) is 0 Å². The van der Waals surface area contributed by atoms with Crippen LogP contribution in [0.25, 0.3) is 39.7 Å². The van der Waals surface area contributed by atoms with Gasteiger partial charge in [0, 0.05) is 0 Å². The molecule has 1 unspecified atom stereocenters. The van der Waals surface area contributed by atoms with Gasteiger partial charge in [0.2, 0.25) is 0 Å². The van der Waals surface area contributed by atoms with Crippen molar-refractivity contribution in [1.82, 2.24) is 0 Å². The third kappa shape index (κ3) is 9.33. The van der Waals surface area contributed by atoms with Gasteiger partial charge in [-0.05, 0) is 0 Å². The van der Waals surface area contributed by atoms with Crippen LogP contribution in [-0.4, -0.2) is 36.8 Å². The Kier molecular flexibility index (Phi) is 15.5. The third-order valence-corrected chi connectivity index (χ3v) is 40.5. The number of hydrogen-bond donors (Lipinski definition) is 0. The molecule has 2 aliphatic carbocycles. The Bertz CT molecular complexity index is 3350. The molecule has 0 saturated heterocycles. The Morgan fingerprint density at radius 1 is 0.365 bits per heavy atom. The number of rotatable bonds is 21. The van der Waals surface area contributed by atoms with E-state index in [9.17, 15) is 0 Å². The number of unbranched alkanes of at least 4 members (excludes halogenated alkanes) is 9. The molecule has 74 heavy (non-hydrogen) atoms. The molecule has 4 heterocycles. The fourth-order valence-electron chi connectivity index (χ4n) is 12.7. The molecule has 0 saturated carbocycles. The van der Waals surface area contributed by atoms with E-state index in [0.717, 1.165) is 19.3 Å². The molecular weight excluding hydrogens is 1180 g/mol. The second-order valence-corrected chi connectivity index (χ2v) is 59.1. The van der Waals surface area contributed by atoms with E-state index < -0.39 is 47.6 Å². The van der Waals surface area contributed by atoms with Crippen LogP contribution in [-0.2, 0) is 30.1 Å². The molecule has 0 spiro atoms. The van der Waals surface area contributed by atoms with E-state index in [1.165, 1.54) is 172 Å². The molecule has 1 atom stereocenters. The summed E-state index contributed by atoms with van der Waals surface area (Å²) in [5.41, 5.74) is 17.9. The monoisotopic (exact) mass is 1260 g/mol. The van der Waals surface area contributed by atoms with Gasteiger partial charge < -0.3 is 0 Å². The predicted octanol–water partition coefficient (Wildman–Crippen LogP) is 20.4. The van der Waals surface area contributed by atoms with Gasteiger partial charge in [-0.25, -0.2) is 0 Å². The first-order valence-corrected chi connectivity index (χ1v) is 51.7. The van der Waals surface area contributed by atoms with Crippen molar-refractivity contribution in [1.29, 1.82) is 0 Å². The summed E-state index contributed by atoms with van der Waals surface area (Å²) in [5, 5.41) is 0. The summed E-state index contributed by atoms with van der Waals surface area (Å²) in [5.74, 6) is 0. The molecule has 0 nitrogen and oxygen atoms in total. The van der Waals surface area contributed by atoms with Crippen LogP contribution in [0.15, 0.2) is 127 Å². The van der Waals surface area contributed by atoms with E-state index in [0.29, 0.717) is 0 Å². The molecule has 6 heteroatoms. The second kappa shape index (κ2) is 21.7. The zero-order chi connectivity index (χ0) is 51.4. The standard InChI is InChI=1S/C62H60S4.6CH3.2Sn/c1-4-7-10-14-19-42-24-30-46(31-25-42)61(45-22-17-13-18-23-45)51-40-50-52(41-49(51)57-55(61)59-53(65-57)36-38-63-59)62(56-58(50)66-54-37-39-64-60(54)56,47-32-26-43(27-33-47)20-15-11-8-5-2)48-34-28-44(29-35-48)21-16-12-9-6-3;;;;;;;;/h13,17-18,22-37,40-41H,4-12,14-16,19-21H2,1-3H3;6*1H3;;. The fraction of sp³-hybridized carbons (Fsp3) is 0.382. The van der Waals surface area contributed by atoms with Crippen LogP contribution >= 0.6 is 45.3 Å². The first kappa shape index (κ1) is 53.0. The maximum atomic E-state index is 2.77. The van der Waals surface area contributed by atoms with Crippen molar-refractivity contribution in [2.45, 2.75) is 158 Å². The molecule has 5 aromatic carbocycles. The summed E-state index contributed by atoms with van der Waals surface area (Å²) in [7, 11) is 0. The number of hydrogen-bond acceptors (Lipinski definition) is 4. The second-order valence-electron chi connectivity index (χ2n) is 24.1. The predicted molar refractivity (Wildman–Crippen MR) is 337 cm³/mol. The summed E-state index contributed by atoms with van der Waals surface area (Å²) in [4.78, 5) is 18.6. The molecule has 0 amide bonds. The van der Waals surface area contributed by atoms with E-state index in [2.05, 4.69) is 223 Å². The Morgan fingerprint density at radius 3 is 1.03 bits per heavy atom. The van der Waals surface area contributed by atoms with Crippen LogP contribution in [0.4, 0.5) is 0 Å². The quantitative estimate of drug-likeness (QED) is 0.0497. The van der Waals surface area contributed by atoms with Crippen molar-refractivity contribution < 1.29 is 0 Å². The van der Waals surface area contributed by atoms with Crippen LogP contribution in [0.5, 0.6) is 0 Å². The number of fused-ring (bicyclic) bond motifs is 10. The fourth-order valence-corrected chi connectivity index (χ4v) is 29.3. The Balaban J connectivity index is 1.21. The van der Waals surface area contributed by atoms with Crippen LogP contribution in [0.2, 0.25) is 29.6 Å². The molecule has 4 aromatic heterocycles. The molecular formula is C68H78S4Sn2. The summed E-state index contributed by atoms with van der Waals surface area (Å²) in [6.07, 6.45) is 18.9. The normalized spacial score (nSPS) is 15.8. The van der Waals surface area contributed by atoms with Crippen LogP contribution in [0.3, 0.4) is 0 Å². The van der Waals surface area contributed by atoms with E-state index in [1.54, 1.807) is 11.3 Å². The third-order valence-electron chi connectivity index (χ3n) is 16.7. The number of aryl methyl sites for hydroxylation is 3. The van der Waals surface area contributed by atoms with Gasteiger partial charge in [-0.1, -0.05) is 59.3 Å². The van der Waals surface area contributed by atoms with Crippen molar-refractivity contribution in [3.8, 4) is 20.9 Å². The van der Waals surface area contributed by atoms with Crippen LogP contribution in [0.1, 0.15) is 159 Å². The SMILES string of the molecule is CCCCCCc1ccc(C2(c3ccccc3)c3cc4c(cc3-c3sc5c[c]([Sn]([CH3])([CH3])[CH3])sc5c32)C(c2ccc(CCCCCC)cc2)(c2ccc(CCCCCC)cc2)c2c-4sc3c[c]([Sn]([CH3])([CH3])[CH3])sc23)cc1. The Labute approximate surface area is 468 Å². The van der Waals surface area contributed by atoms with E-state index >= 15 is 0 Å². The Hall–Kier alpha value is -2.98. The topological polar surface area (TPSA) is 0 Å². The van der Waals surface area contributed by atoms with Crippen LogP contribution < -0.4 is 5.79 Å². The van der Waals surface area contributed by atoms with E-state index in [1.807, 2.05) is 0 Å². The molecule has 9 aromatic rings. The first-order chi connectivity index (χ1) is 35.8. The average Bonchev–Trinajstić information content (AvgIpc) is 4.24. The average molecular weight is 1260 g/mol. The molecule has 382 valence electrons. The van der Waals surface area contributed by atoms with Crippen molar-refractivity contribution in [2.75, 3.05) is 0 Å². The van der Waals surface area contributed by atoms with E-state index in [-0.39, 0.29) is 0 Å². The first-order valence-electron chi connectivity index (χ1n) is 28.5. The molecule has 2 aliphatic rings. The summed E-state index contributed by atoms with van der Waals surface area (Å²) < 4.78 is 9.37. The van der Waals surface area contributed by atoms with Gasteiger partial charge in [0.05, 0.1) is 0 Å². The molecule has 0 fully saturated rings. The van der Waals surface area contributed by atoms with Gasteiger partial charge in [0.25, 0.3) is 0 Å². The van der Waals surface area contributed by atoms with Crippen molar-refractivity contribution in [3.05, 3.63) is 189 Å². The van der Waals surface area contributed by atoms with E-state index in [4.69, 9.17) is 0 Å². The molecule has 11 rings (SSSR count). The maximum absolute atomic E-state index is 2.77. The molecule has 0 aliphatic heterocycles. The molecule has 0 N–H and O–H groups in total. The Morgan fingerprint density at radius 2 is 0.703 bits per heavy atom. The molecule has 0 bridgehead atoms. The molecule has 0 radical (unpaired) electrons. The summed E-state index contributed by atoms with van der Waals surface area (Å²) in [6, 6.07) is 52.9. The van der Waals surface area contributed by atoms with Crippen LogP contribution in [0, 0.1) is 0 Å². The van der Waals surface area contributed by atoms with Gasteiger partial charge in [-0.2, -0.15) is 0 Å². The minimum absolute atomic E-state index is 0.470. The van der Waals surface area contributed by atoms with Gasteiger partial charge in [-0.3, -0.25) is 0 Å². The number of thiophene rings is 4.